The molecule has 2 heterocycles. The Morgan fingerprint density at radius 1 is 1.47 bits per heavy atom. The van der Waals surface area contributed by atoms with Crippen molar-refractivity contribution in [3.63, 3.8) is 0 Å². The Kier molecular flexibility index (Phi) is 5.05. The van der Waals surface area contributed by atoms with Crippen LogP contribution in [-0.2, 0) is 9.84 Å². The summed E-state index contributed by atoms with van der Waals surface area (Å²) in [5, 5.41) is 2.05. The van der Waals surface area contributed by atoms with Gasteiger partial charge in [0.25, 0.3) is 0 Å². The van der Waals surface area contributed by atoms with Crippen LogP contribution in [0.5, 0.6) is 0 Å². The van der Waals surface area contributed by atoms with Gasteiger partial charge in [0.2, 0.25) is 0 Å². The largest absolute Gasteiger partial charge is 0.326 e. The second kappa shape index (κ2) is 6.22. The van der Waals surface area contributed by atoms with Crippen LogP contribution < -0.4 is 5.73 Å². The molecule has 1 aliphatic rings. The molecule has 0 bridgehead atoms. The molecule has 0 amide bonds. The number of rotatable bonds is 4. The first-order valence-corrected chi connectivity index (χ1v) is 9.86. The van der Waals surface area contributed by atoms with Crippen molar-refractivity contribution < 1.29 is 8.42 Å². The van der Waals surface area contributed by atoms with E-state index in [1.807, 2.05) is 5.38 Å². The maximum Gasteiger partial charge on any atom is 0.152 e. The first kappa shape index (κ1) is 15.4. The van der Waals surface area contributed by atoms with Crippen LogP contribution in [0, 0.1) is 0 Å². The molecule has 1 aromatic heterocycles. The molecule has 2 N–H and O–H groups in total. The number of thiophene rings is 1. The zero-order valence-electron chi connectivity index (χ0n) is 10.9. The van der Waals surface area contributed by atoms with Crippen LogP contribution in [0.25, 0.3) is 0 Å². The summed E-state index contributed by atoms with van der Waals surface area (Å²) in [6.45, 7) is 3.23. The summed E-state index contributed by atoms with van der Waals surface area (Å²) in [5.41, 5.74) is 6.26. The second-order valence-corrected chi connectivity index (χ2v) is 9.03. The molecule has 0 saturated carbocycles. The van der Waals surface area contributed by atoms with Gasteiger partial charge in [0.15, 0.2) is 9.84 Å². The fraction of sp³-hybridized carbons (Fsp3) is 0.667. The van der Waals surface area contributed by atoms with Gasteiger partial charge in [0.1, 0.15) is 0 Å². The summed E-state index contributed by atoms with van der Waals surface area (Å²) < 4.78 is 24.1. The van der Waals surface area contributed by atoms with Gasteiger partial charge >= 0.3 is 0 Å². The SMILES string of the molecule is CCC(N)C(c1cc(Br)cs1)N1CCS(=O)(=O)CC1. The van der Waals surface area contributed by atoms with Crippen molar-refractivity contribution in [1.82, 2.24) is 4.90 Å². The number of halogens is 1. The first-order chi connectivity index (χ1) is 8.93. The highest BCUT2D eigenvalue weighted by molar-refractivity contribution is 9.10. The van der Waals surface area contributed by atoms with Crippen LogP contribution >= 0.6 is 27.3 Å². The predicted molar refractivity (Wildman–Crippen MR) is 83.3 cm³/mol. The minimum Gasteiger partial charge on any atom is -0.326 e. The third-order valence-electron chi connectivity index (χ3n) is 3.53. The van der Waals surface area contributed by atoms with E-state index < -0.39 is 9.84 Å². The molecule has 2 unspecified atom stereocenters. The van der Waals surface area contributed by atoms with Crippen molar-refractivity contribution >= 4 is 37.1 Å². The number of nitrogens with zero attached hydrogens (tertiary/aromatic N) is 1. The number of nitrogens with two attached hydrogens (primary N) is 1. The zero-order chi connectivity index (χ0) is 14.0. The Morgan fingerprint density at radius 2 is 2.11 bits per heavy atom. The monoisotopic (exact) mass is 366 g/mol. The van der Waals surface area contributed by atoms with E-state index in [1.165, 1.54) is 4.88 Å². The van der Waals surface area contributed by atoms with Crippen molar-refractivity contribution in [2.24, 2.45) is 5.73 Å². The van der Waals surface area contributed by atoms with Crippen molar-refractivity contribution in [1.29, 1.82) is 0 Å². The third-order valence-corrected chi connectivity index (χ3v) is 6.90. The average molecular weight is 367 g/mol. The van der Waals surface area contributed by atoms with E-state index in [1.54, 1.807) is 11.3 Å². The zero-order valence-corrected chi connectivity index (χ0v) is 14.1. The molecular weight excluding hydrogens is 348 g/mol. The standard InChI is InChI=1S/C12H19BrN2O2S2/c1-2-10(14)12(11-7-9(13)8-18-11)15-3-5-19(16,17)6-4-15/h7-8,10,12H,2-6,14H2,1H3. The van der Waals surface area contributed by atoms with Crippen molar-refractivity contribution in [3.05, 3.63) is 20.8 Å². The molecule has 19 heavy (non-hydrogen) atoms. The minimum absolute atomic E-state index is 0.0337. The summed E-state index contributed by atoms with van der Waals surface area (Å²) in [6, 6.07) is 2.25. The summed E-state index contributed by atoms with van der Waals surface area (Å²) in [7, 11) is -2.85. The Bertz CT molecular complexity index is 516. The quantitative estimate of drug-likeness (QED) is 0.885. The Hall–Kier alpha value is 0.0500. The summed E-state index contributed by atoms with van der Waals surface area (Å²) >= 11 is 5.15. The topological polar surface area (TPSA) is 63.4 Å². The fourth-order valence-corrected chi connectivity index (χ4v) is 5.26. The van der Waals surface area contributed by atoms with Crippen molar-refractivity contribution in [2.45, 2.75) is 25.4 Å². The van der Waals surface area contributed by atoms with Gasteiger partial charge in [-0.25, -0.2) is 8.42 Å². The molecule has 0 aromatic carbocycles. The van der Waals surface area contributed by atoms with Gasteiger partial charge in [0.05, 0.1) is 17.5 Å². The lowest BCUT2D eigenvalue weighted by molar-refractivity contribution is 0.186. The van der Waals surface area contributed by atoms with Gasteiger partial charge in [-0.05, 0) is 28.4 Å². The lowest BCUT2D eigenvalue weighted by Gasteiger charge is -2.36. The summed E-state index contributed by atoms with van der Waals surface area (Å²) in [5.74, 6) is 0.485. The van der Waals surface area contributed by atoms with Gasteiger partial charge in [-0.3, -0.25) is 4.90 Å². The second-order valence-electron chi connectivity index (χ2n) is 4.87. The van der Waals surface area contributed by atoms with E-state index >= 15 is 0 Å². The molecule has 1 aromatic rings. The lowest BCUT2D eigenvalue weighted by Crippen LogP contribution is -2.47. The molecule has 0 aliphatic carbocycles. The number of sulfone groups is 1. The maximum atomic E-state index is 11.5. The Morgan fingerprint density at radius 3 is 2.58 bits per heavy atom. The van der Waals surface area contributed by atoms with E-state index in [9.17, 15) is 8.42 Å². The Labute approximate surface area is 127 Å². The van der Waals surface area contributed by atoms with Gasteiger partial charge in [0, 0.05) is 33.9 Å². The smallest absolute Gasteiger partial charge is 0.152 e. The van der Waals surface area contributed by atoms with Crippen LogP contribution in [-0.4, -0.2) is 44.0 Å². The van der Waals surface area contributed by atoms with Gasteiger partial charge < -0.3 is 5.73 Å². The van der Waals surface area contributed by atoms with Gasteiger partial charge in [-0.2, -0.15) is 0 Å². The predicted octanol–water partition coefficient (Wildman–Crippen LogP) is 2.02. The molecule has 0 spiro atoms. The summed E-state index contributed by atoms with van der Waals surface area (Å²) in [4.78, 5) is 3.42. The van der Waals surface area contributed by atoms with E-state index in [-0.39, 0.29) is 23.6 Å². The van der Waals surface area contributed by atoms with Gasteiger partial charge in [-0.15, -0.1) is 11.3 Å². The van der Waals surface area contributed by atoms with Crippen molar-refractivity contribution in [3.8, 4) is 0 Å². The van der Waals surface area contributed by atoms with E-state index in [0.29, 0.717) is 13.1 Å². The molecule has 1 fully saturated rings. The summed E-state index contributed by atoms with van der Waals surface area (Å²) in [6.07, 6.45) is 0.878. The molecule has 1 saturated heterocycles. The fourth-order valence-electron chi connectivity index (χ4n) is 2.37. The van der Waals surface area contributed by atoms with E-state index in [0.717, 1.165) is 10.9 Å². The number of hydrogen-bond acceptors (Lipinski definition) is 5. The van der Waals surface area contributed by atoms with Crippen LogP contribution in [0.4, 0.5) is 0 Å². The molecule has 108 valence electrons. The van der Waals surface area contributed by atoms with E-state index in [2.05, 4.69) is 33.8 Å². The third kappa shape index (κ3) is 3.78. The van der Waals surface area contributed by atoms with Crippen molar-refractivity contribution in [2.75, 3.05) is 24.6 Å². The molecule has 4 nitrogen and oxygen atoms in total. The van der Waals surface area contributed by atoms with Crippen LogP contribution in [0.1, 0.15) is 24.3 Å². The maximum absolute atomic E-state index is 11.5. The molecule has 7 heteroatoms. The molecule has 2 atom stereocenters. The number of hydrogen-bond donors (Lipinski definition) is 1. The van der Waals surface area contributed by atoms with Gasteiger partial charge in [-0.1, -0.05) is 6.92 Å². The highest BCUT2D eigenvalue weighted by Crippen LogP contribution is 2.33. The van der Waals surface area contributed by atoms with Crippen LogP contribution in [0.2, 0.25) is 0 Å². The molecule has 0 radical (unpaired) electrons. The van der Waals surface area contributed by atoms with E-state index in [4.69, 9.17) is 5.73 Å². The molecule has 1 aliphatic heterocycles. The highest BCUT2D eigenvalue weighted by atomic mass is 79.9. The Balaban J connectivity index is 2.19. The van der Waals surface area contributed by atoms with Crippen LogP contribution in [0.15, 0.2) is 15.9 Å². The molecular formula is C12H19BrN2O2S2. The molecule has 2 rings (SSSR count). The van der Waals surface area contributed by atoms with Crippen LogP contribution in [0.3, 0.4) is 0 Å². The first-order valence-electron chi connectivity index (χ1n) is 6.37. The lowest BCUT2D eigenvalue weighted by atomic mass is 10.0. The normalized spacial score (nSPS) is 23.1. The minimum atomic E-state index is -2.85. The average Bonchev–Trinajstić information content (AvgIpc) is 2.78. The highest BCUT2D eigenvalue weighted by Gasteiger charge is 2.31.